The van der Waals surface area contributed by atoms with E-state index in [-0.39, 0.29) is 0 Å². The lowest BCUT2D eigenvalue weighted by molar-refractivity contribution is 0.135. The molecule has 2 nitrogen and oxygen atoms in total. The average Bonchev–Trinajstić information content (AvgIpc) is 2.77. The second-order valence-corrected chi connectivity index (χ2v) is 5.53. The van der Waals surface area contributed by atoms with Gasteiger partial charge in [-0.1, -0.05) is 0 Å². The maximum absolute atomic E-state index is 5.43. The van der Waals surface area contributed by atoms with Gasteiger partial charge >= 0.3 is 0 Å². The van der Waals surface area contributed by atoms with Crippen molar-refractivity contribution >= 4 is 0 Å². The van der Waals surface area contributed by atoms with E-state index in [1.807, 2.05) is 0 Å². The van der Waals surface area contributed by atoms with Crippen molar-refractivity contribution in [1.29, 1.82) is 0 Å². The molecule has 2 heteroatoms. The van der Waals surface area contributed by atoms with E-state index in [4.69, 9.17) is 4.74 Å². The molecule has 80 valence electrons. The van der Waals surface area contributed by atoms with Gasteiger partial charge in [-0.2, -0.15) is 0 Å². The Morgan fingerprint density at radius 3 is 2.50 bits per heavy atom. The van der Waals surface area contributed by atoms with E-state index >= 15 is 0 Å². The molecule has 1 aliphatic carbocycles. The van der Waals surface area contributed by atoms with E-state index in [1.165, 1.54) is 51.7 Å². The monoisotopic (exact) mass is 195 g/mol. The highest BCUT2D eigenvalue weighted by molar-refractivity contribution is 4.96. The largest absolute Gasteiger partial charge is 0.381 e. The van der Waals surface area contributed by atoms with Gasteiger partial charge in [-0.25, -0.2) is 0 Å². The molecule has 0 aromatic rings. The van der Waals surface area contributed by atoms with Gasteiger partial charge < -0.3 is 9.64 Å². The zero-order valence-electron chi connectivity index (χ0n) is 9.00. The molecule has 3 aliphatic rings. The molecule has 2 saturated heterocycles. The maximum Gasteiger partial charge on any atom is 0.0507 e. The Morgan fingerprint density at radius 1 is 1.14 bits per heavy atom. The summed E-state index contributed by atoms with van der Waals surface area (Å²) in [4.78, 5) is 2.67. The fourth-order valence-electron chi connectivity index (χ4n) is 2.98. The molecule has 3 fully saturated rings. The average molecular weight is 195 g/mol. The molecule has 1 spiro atoms. The van der Waals surface area contributed by atoms with Gasteiger partial charge in [-0.05, 0) is 56.5 Å². The molecular formula is C12H21NO. The van der Waals surface area contributed by atoms with Crippen molar-refractivity contribution in [1.82, 2.24) is 4.90 Å². The summed E-state index contributed by atoms with van der Waals surface area (Å²) in [7, 11) is 0. The van der Waals surface area contributed by atoms with E-state index in [1.54, 1.807) is 0 Å². The van der Waals surface area contributed by atoms with Gasteiger partial charge in [0.2, 0.25) is 0 Å². The molecule has 0 amide bonds. The van der Waals surface area contributed by atoms with Crippen LogP contribution in [0.15, 0.2) is 0 Å². The molecule has 3 rings (SSSR count). The molecule has 2 aliphatic heterocycles. The first-order valence-electron chi connectivity index (χ1n) is 6.16. The van der Waals surface area contributed by atoms with Crippen molar-refractivity contribution in [2.75, 3.05) is 32.8 Å². The molecular weight excluding hydrogens is 174 g/mol. The van der Waals surface area contributed by atoms with Crippen LogP contribution in [0.3, 0.4) is 0 Å². The third-order valence-corrected chi connectivity index (χ3v) is 4.41. The quantitative estimate of drug-likeness (QED) is 0.667. The fraction of sp³-hybridized carbons (Fsp3) is 1.00. The van der Waals surface area contributed by atoms with E-state index in [9.17, 15) is 0 Å². The number of ether oxygens (including phenoxy) is 1. The van der Waals surface area contributed by atoms with Crippen LogP contribution in [-0.4, -0.2) is 37.7 Å². The summed E-state index contributed by atoms with van der Waals surface area (Å²) in [5.41, 5.74) is 0.836. The van der Waals surface area contributed by atoms with Crippen molar-refractivity contribution in [2.24, 2.45) is 11.3 Å². The highest BCUT2D eigenvalue weighted by Gasteiger charge is 2.44. The van der Waals surface area contributed by atoms with Crippen LogP contribution < -0.4 is 0 Å². The van der Waals surface area contributed by atoms with Gasteiger partial charge in [0.05, 0.1) is 6.61 Å². The Balaban J connectivity index is 1.45. The van der Waals surface area contributed by atoms with Gasteiger partial charge in [-0.3, -0.25) is 0 Å². The van der Waals surface area contributed by atoms with Crippen LogP contribution in [0.4, 0.5) is 0 Å². The zero-order chi connectivity index (χ0) is 9.43. The second kappa shape index (κ2) is 3.49. The molecule has 2 heterocycles. The van der Waals surface area contributed by atoms with Crippen LogP contribution in [0.2, 0.25) is 0 Å². The Kier molecular flexibility index (Phi) is 2.29. The molecule has 1 unspecified atom stereocenters. The van der Waals surface area contributed by atoms with Crippen LogP contribution in [0.5, 0.6) is 0 Å². The third-order valence-electron chi connectivity index (χ3n) is 4.41. The minimum atomic E-state index is 0.836. The Bertz CT molecular complexity index is 196. The van der Waals surface area contributed by atoms with Gasteiger partial charge in [0.1, 0.15) is 0 Å². The van der Waals surface area contributed by atoms with Crippen molar-refractivity contribution in [3.63, 3.8) is 0 Å². The van der Waals surface area contributed by atoms with E-state index < -0.39 is 0 Å². The van der Waals surface area contributed by atoms with E-state index in [2.05, 4.69) is 4.90 Å². The molecule has 0 N–H and O–H groups in total. The van der Waals surface area contributed by atoms with Crippen molar-refractivity contribution < 1.29 is 4.74 Å². The third kappa shape index (κ3) is 1.82. The molecule has 0 radical (unpaired) electrons. The lowest BCUT2D eigenvalue weighted by Gasteiger charge is -2.33. The summed E-state index contributed by atoms with van der Waals surface area (Å²) >= 11 is 0. The summed E-state index contributed by atoms with van der Waals surface area (Å²) in [5, 5.41) is 0. The van der Waals surface area contributed by atoms with Gasteiger partial charge in [0.15, 0.2) is 0 Å². The van der Waals surface area contributed by atoms with Crippen LogP contribution in [0.1, 0.15) is 32.1 Å². The molecule has 1 saturated carbocycles. The fourth-order valence-corrected chi connectivity index (χ4v) is 2.98. The zero-order valence-corrected chi connectivity index (χ0v) is 9.00. The number of hydrogen-bond donors (Lipinski definition) is 0. The maximum atomic E-state index is 5.43. The molecule has 14 heavy (non-hydrogen) atoms. The number of likely N-dealkylation sites (tertiary alicyclic amines) is 1. The van der Waals surface area contributed by atoms with Crippen LogP contribution in [0.25, 0.3) is 0 Å². The highest BCUT2D eigenvalue weighted by atomic mass is 16.5. The molecule has 0 bridgehead atoms. The van der Waals surface area contributed by atoms with Crippen LogP contribution >= 0.6 is 0 Å². The summed E-state index contributed by atoms with van der Waals surface area (Å²) in [6.07, 6.45) is 7.28. The lowest BCUT2D eigenvalue weighted by atomic mass is 9.93. The smallest absolute Gasteiger partial charge is 0.0507 e. The van der Waals surface area contributed by atoms with E-state index in [0.717, 1.165) is 24.5 Å². The summed E-state index contributed by atoms with van der Waals surface area (Å²) in [5.74, 6) is 0.836. The summed E-state index contributed by atoms with van der Waals surface area (Å²) in [6.45, 7) is 6.03. The molecule has 0 aromatic carbocycles. The minimum absolute atomic E-state index is 0.836. The second-order valence-electron chi connectivity index (χ2n) is 5.53. The number of piperidine rings is 1. The predicted octanol–water partition coefficient (Wildman–Crippen LogP) is 1.90. The predicted molar refractivity (Wildman–Crippen MR) is 56.3 cm³/mol. The summed E-state index contributed by atoms with van der Waals surface area (Å²) < 4.78 is 5.43. The van der Waals surface area contributed by atoms with Crippen LogP contribution in [0, 0.1) is 11.3 Å². The van der Waals surface area contributed by atoms with Crippen LogP contribution in [-0.2, 0) is 4.74 Å². The van der Waals surface area contributed by atoms with Crippen molar-refractivity contribution in [2.45, 2.75) is 32.1 Å². The lowest BCUT2D eigenvalue weighted by Crippen LogP contribution is -2.37. The van der Waals surface area contributed by atoms with Gasteiger partial charge in [-0.15, -0.1) is 0 Å². The van der Waals surface area contributed by atoms with Gasteiger partial charge in [0.25, 0.3) is 0 Å². The van der Waals surface area contributed by atoms with Gasteiger partial charge in [0, 0.05) is 13.2 Å². The van der Waals surface area contributed by atoms with E-state index in [0.29, 0.717) is 0 Å². The number of nitrogens with zero attached hydrogens (tertiary/aromatic N) is 1. The molecule has 0 aromatic heterocycles. The topological polar surface area (TPSA) is 12.5 Å². The Morgan fingerprint density at radius 2 is 1.93 bits per heavy atom. The number of rotatable bonds is 2. The first-order chi connectivity index (χ1) is 6.86. The molecule has 1 atom stereocenters. The SMILES string of the molecule is C1CC(CN2CCC3(CC2)CC3)CO1. The Hall–Kier alpha value is -0.0800. The standard InChI is InChI=1S/C12H21NO/c1-8-14-10-11(1)9-13-6-4-12(2-3-12)5-7-13/h11H,1-10H2. The number of hydrogen-bond acceptors (Lipinski definition) is 2. The summed E-state index contributed by atoms with van der Waals surface area (Å²) in [6, 6.07) is 0. The highest BCUT2D eigenvalue weighted by Crippen LogP contribution is 2.53. The first-order valence-corrected chi connectivity index (χ1v) is 6.16. The van der Waals surface area contributed by atoms with Crippen molar-refractivity contribution in [3.05, 3.63) is 0 Å². The van der Waals surface area contributed by atoms with Crippen molar-refractivity contribution in [3.8, 4) is 0 Å². The Labute approximate surface area is 86.6 Å². The first kappa shape index (κ1) is 9.17. The minimum Gasteiger partial charge on any atom is -0.381 e. The normalized spacial score (nSPS) is 36.4.